The van der Waals surface area contributed by atoms with Gasteiger partial charge in [-0.2, -0.15) is 0 Å². The van der Waals surface area contributed by atoms with E-state index in [9.17, 15) is 15.0 Å². The summed E-state index contributed by atoms with van der Waals surface area (Å²) in [4.78, 5) is 24.5. The summed E-state index contributed by atoms with van der Waals surface area (Å²) in [5.41, 5.74) is 1.19. The molecule has 0 saturated heterocycles. The second-order valence-electron chi connectivity index (χ2n) is 7.29. The van der Waals surface area contributed by atoms with Crippen LogP contribution < -0.4 is 10.6 Å². The quantitative estimate of drug-likeness (QED) is 0.462. The van der Waals surface area contributed by atoms with Gasteiger partial charge in [0.1, 0.15) is 30.7 Å². The van der Waals surface area contributed by atoms with Crippen LogP contribution in [-0.4, -0.2) is 71.6 Å². The highest BCUT2D eigenvalue weighted by Crippen LogP contribution is 2.34. The van der Waals surface area contributed by atoms with Crippen molar-refractivity contribution in [2.75, 3.05) is 11.9 Å². The number of aromatic nitrogens is 4. The van der Waals surface area contributed by atoms with E-state index in [1.807, 2.05) is 0 Å². The topological polar surface area (TPSA) is 145 Å². The molecule has 10 heteroatoms. The molecule has 0 bridgehead atoms. The number of hydrogen-bond donors (Lipinski definition) is 5. The molecule has 2 heterocycles. The first-order valence-corrected chi connectivity index (χ1v) is 9.29. The summed E-state index contributed by atoms with van der Waals surface area (Å²) in [6.45, 7) is -0.665. The Bertz CT molecular complexity index is 821. The summed E-state index contributed by atoms with van der Waals surface area (Å²) in [7, 11) is 0. The van der Waals surface area contributed by atoms with E-state index in [0.29, 0.717) is 29.4 Å². The highest BCUT2D eigenvalue weighted by molar-refractivity contribution is 5.83. The third-order valence-corrected chi connectivity index (χ3v) is 5.55. The zero-order chi connectivity index (χ0) is 19.0. The molecule has 4 unspecified atom stereocenters. The minimum atomic E-state index is -1.14. The summed E-state index contributed by atoms with van der Waals surface area (Å²) in [6, 6.07) is -0.770. The maximum atomic E-state index is 11.4. The molecule has 0 radical (unpaired) electrons. The van der Waals surface area contributed by atoms with Gasteiger partial charge >= 0.3 is 0 Å². The minimum Gasteiger partial charge on any atom is -0.388 e. The molecule has 10 nitrogen and oxygen atoms in total. The molecule has 146 valence electrons. The second-order valence-corrected chi connectivity index (χ2v) is 7.29. The predicted octanol–water partition coefficient (Wildman–Crippen LogP) is -0.676. The van der Waals surface area contributed by atoms with Crippen molar-refractivity contribution in [3.63, 3.8) is 0 Å². The lowest BCUT2D eigenvalue weighted by molar-refractivity contribution is -0.125. The highest BCUT2D eigenvalue weighted by atomic mass is 16.3. The summed E-state index contributed by atoms with van der Waals surface area (Å²) in [6.07, 6.45) is 5.72. The molecule has 0 spiro atoms. The number of imidazole rings is 1. The second kappa shape index (κ2) is 7.37. The molecule has 4 rings (SSSR count). The summed E-state index contributed by atoms with van der Waals surface area (Å²) in [5, 5.41) is 35.6. The van der Waals surface area contributed by atoms with Gasteiger partial charge in [0.15, 0.2) is 11.5 Å². The van der Waals surface area contributed by atoms with E-state index >= 15 is 0 Å². The van der Waals surface area contributed by atoms with Gasteiger partial charge in [0.05, 0.1) is 18.4 Å². The molecule has 2 aromatic heterocycles. The van der Waals surface area contributed by atoms with E-state index in [0.717, 1.165) is 12.8 Å². The SMILES string of the molecule is O=C(CO)NC1CC(n2cnc3c(NC4CCCC4)ncnc32)C(O)C1O. The number of carbonyl (C=O) groups is 1. The third kappa shape index (κ3) is 3.35. The number of amides is 1. The Morgan fingerprint density at radius 1 is 1.19 bits per heavy atom. The lowest BCUT2D eigenvalue weighted by atomic mass is 10.2. The average molecular weight is 376 g/mol. The van der Waals surface area contributed by atoms with Crippen LogP contribution in [0.4, 0.5) is 5.82 Å². The molecule has 2 aromatic rings. The van der Waals surface area contributed by atoms with Gasteiger partial charge in [0.25, 0.3) is 0 Å². The molecule has 2 saturated carbocycles. The number of rotatable bonds is 5. The predicted molar refractivity (Wildman–Crippen MR) is 95.9 cm³/mol. The first kappa shape index (κ1) is 18.1. The van der Waals surface area contributed by atoms with E-state index in [2.05, 4.69) is 25.6 Å². The van der Waals surface area contributed by atoms with Gasteiger partial charge in [-0.25, -0.2) is 15.0 Å². The van der Waals surface area contributed by atoms with Crippen LogP contribution in [0.2, 0.25) is 0 Å². The fourth-order valence-corrected chi connectivity index (χ4v) is 4.14. The molecular formula is C17H24N6O4. The van der Waals surface area contributed by atoms with Crippen molar-refractivity contribution in [1.82, 2.24) is 24.8 Å². The van der Waals surface area contributed by atoms with Crippen LogP contribution in [0.3, 0.4) is 0 Å². The number of nitrogens with one attached hydrogen (secondary N) is 2. The Labute approximate surface area is 155 Å². The molecule has 27 heavy (non-hydrogen) atoms. The number of aliphatic hydroxyl groups excluding tert-OH is 3. The zero-order valence-electron chi connectivity index (χ0n) is 14.8. The Morgan fingerprint density at radius 3 is 2.70 bits per heavy atom. The fourth-order valence-electron chi connectivity index (χ4n) is 4.14. The van der Waals surface area contributed by atoms with Gasteiger partial charge in [0.2, 0.25) is 5.91 Å². The standard InChI is InChI=1S/C17H24N6O4/c24-6-12(25)22-10-5-11(15(27)14(10)26)23-8-20-13-16(18-7-19-17(13)23)21-9-3-1-2-4-9/h7-11,14-15,24,26-27H,1-6H2,(H,22,25)(H,18,19,21). The van der Waals surface area contributed by atoms with Crippen molar-refractivity contribution in [2.45, 2.75) is 62.4 Å². The number of carbonyl (C=O) groups excluding carboxylic acids is 1. The van der Waals surface area contributed by atoms with Crippen molar-refractivity contribution in [2.24, 2.45) is 0 Å². The Kier molecular flexibility index (Phi) is 4.94. The zero-order valence-corrected chi connectivity index (χ0v) is 14.8. The summed E-state index contributed by atoms with van der Waals surface area (Å²) >= 11 is 0. The molecule has 0 aliphatic heterocycles. The molecule has 5 N–H and O–H groups in total. The van der Waals surface area contributed by atoms with E-state index < -0.39 is 36.8 Å². The summed E-state index contributed by atoms with van der Waals surface area (Å²) < 4.78 is 1.72. The van der Waals surface area contributed by atoms with Crippen LogP contribution in [-0.2, 0) is 4.79 Å². The van der Waals surface area contributed by atoms with E-state index in [1.54, 1.807) is 10.9 Å². The van der Waals surface area contributed by atoms with Crippen molar-refractivity contribution in [3.05, 3.63) is 12.7 Å². The van der Waals surface area contributed by atoms with Crippen LogP contribution >= 0.6 is 0 Å². The van der Waals surface area contributed by atoms with Gasteiger partial charge in [-0.3, -0.25) is 4.79 Å². The van der Waals surface area contributed by atoms with E-state index in [4.69, 9.17) is 5.11 Å². The first-order chi connectivity index (χ1) is 13.1. The largest absolute Gasteiger partial charge is 0.388 e. The van der Waals surface area contributed by atoms with Gasteiger partial charge in [-0.05, 0) is 19.3 Å². The molecule has 4 atom stereocenters. The molecule has 2 fully saturated rings. The highest BCUT2D eigenvalue weighted by Gasteiger charge is 2.43. The Balaban J connectivity index is 1.59. The van der Waals surface area contributed by atoms with Crippen molar-refractivity contribution in [1.29, 1.82) is 0 Å². The first-order valence-electron chi connectivity index (χ1n) is 9.29. The molecule has 0 aromatic carbocycles. The number of anilines is 1. The van der Waals surface area contributed by atoms with Crippen LogP contribution in [0.5, 0.6) is 0 Å². The van der Waals surface area contributed by atoms with Gasteiger partial charge in [-0.15, -0.1) is 0 Å². The summed E-state index contributed by atoms with van der Waals surface area (Å²) in [5.74, 6) is 0.0802. The molecular weight excluding hydrogens is 352 g/mol. The fraction of sp³-hybridized carbons (Fsp3) is 0.647. The third-order valence-electron chi connectivity index (χ3n) is 5.55. The van der Waals surface area contributed by atoms with Crippen LogP contribution in [0.1, 0.15) is 38.1 Å². The van der Waals surface area contributed by atoms with E-state index in [1.165, 1.54) is 19.2 Å². The van der Waals surface area contributed by atoms with Crippen LogP contribution in [0.25, 0.3) is 11.2 Å². The van der Waals surface area contributed by atoms with Crippen molar-refractivity contribution >= 4 is 22.9 Å². The molecule has 2 aliphatic carbocycles. The lowest BCUT2D eigenvalue weighted by Crippen LogP contribution is -2.44. The maximum Gasteiger partial charge on any atom is 0.246 e. The van der Waals surface area contributed by atoms with Gasteiger partial charge in [0, 0.05) is 6.04 Å². The number of nitrogens with zero attached hydrogens (tertiary/aromatic N) is 4. The number of aliphatic hydroxyl groups is 3. The smallest absolute Gasteiger partial charge is 0.246 e. The Morgan fingerprint density at radius 2 is 1.96 bits per heavy atom. The van der Waals surface area contributed by atoms with E-state index in [-0.39, 0.29) is 0 Å². The van der Waals surface area contributed by atoms with Crippen LogP contribution in [0.15, 0.2) is 12.7 Å². The van der Waals surface area contributed by atoms with Crippen molar-refractivity contribution in [3.8, 4) is 0 Å². The van der Waals surface area contributed by atoms with Crippen LogP contribution in [0, 0.1) is 0 Å². The number of hydrogen-bond acceptors (Lipinski definition) is 8. The molecule has 2 aliphatic rings. The molecule has 1 amide bonds. The van der Waals surface area contributed by atoms with Gasteiger partial charge in [-0.1, -0.05) is 12.8 Å². The normalized spacial score (nSPS) is 28.7. The monoisotopic (exact) mass is 376 g/mol. The minimum absolute atomic E-state index is 0.301. The van der Waals surface area contributed by atoms with Gasteiger partial charge < -0.3 is 30.5 Å². The lowest BCUT2D eigenvalue weighted by Gasteiger charge is -2.18. The number of fused-ring (bicyclic) bond motifs is 1. The average Bonchev–Trinajstić information content (AvgIpc) is 3.38. The van der Waals surface area contributed by atoms with Crippen molar-refractivity contribution < 1.29 is 20.1 Å². The maximum absolute atomic E-state index is 11.4. The Hall–Kier alpha value is -2.30.